The largest absolute Gasteiger partial charge is 0.465 e. The van der Waals surface area contributed by atoms with Gasteiger partial charge in [0.05, 0.1) is 23.9 Å². The van der Waals surface area contributed by atoms with E-state index in [9.17, 15) is 10.1 Å². The molecule has 0 aliphatic rings. The quantitative estimate of drug-likeness (QED) is 0.546. The molecule has 0 saturated heterocycles. The Hall–Kier alpha value is -2.93. The average molecular weight is 290 g/mol. The molecule has 0 fully saturated rings. The first-order valence-electron chi connectivity index (χ1n) is 7.10. The standard InChI is InChI=1S/C18H14N2O2/c1-2-22-18(21)15(11-19)17-14-9-4-3-7-12(14)13-8-5-6-10-16(13)20-17/h3-10,15H,2H2,1H3. The molecule has 0 saturated carbocycles. The van der Waals surface area contributed by atoms with E-state index in [1.165, 1.54) is 0 Å². The summed E-state index contributed by atoms with van der Waals surface area (Å²) in [5.41, 5.74) is 1.22. The molecule has 1 aromatic heterocycles. The smallest absolute Gasteiger partial charge is 0.329 e. The van der Waals surface area contributed by atoms with Gasteiger partial charge in [0.15, 0.2) is 5.92 Å². The molecular formula is C18H14N2O2. The van der Waals surface area contributed by atoms with Crippen LogP contribution in [0.2, 0.25) is 0 Å². The summed E-state index contributed by atoms with van der Waals surface area (Å²) in [7, 11) is 0. The molecule has 108 valence electrons. The number of carbonyl (C=O) groups excluding carboxylic acids is 1. The maximum atomic E-state index is 12.1. The minimum absolute atomic E-state index is 0.239. The van der Waals surface area contributed by atoms with Crippen molar-refractivity contribution < 1.29 is 9.53 Å². The van der Waals surface area contributed by atoms with Crippen LogP contribution in [0.1, 0.15) is 18.5 Å². The van der Waals surface area contributed by atoms with E-state index in [1.54, 1.807) is 6.92 Å². The summed E-state index contributed by atoms with van der Waals surface area (Å²) in [5, 5.41) is 12.2. The minimum Gasteiger partial charge on any atom is -0.465 e. The molecule has 22 heavy (non-hydrogen) atoms. The molecule has 4 heteroatoms. The Kier molecular flexibility index (Phi) is 3.71. The Labute approximate surface area is 128 Å². The maximum Gasteiger partial charge on any atom is 0.329 e. The highest BCUT2D eigenvalue weighted by Gasteiger charge is 2.25. The van der Waals surface area contributed by atoms with Crippen molar-refractivity contribution in [1.29, 1.82) is 5.26 Å². The SMILES string of the molecule is CCOC(=O)C(C#N)c1nc2ccccc2c2ccccc12. The van der Waals surface area contributed by atoms with Crippen LogP contribution in [-0.2, 0) is 9.53 Å². The molecular weight excluding hydrogens is 276 g/mol. The number of fused-ring (bicyclic) bond motifs is 3. The van der Waals surface area contributed by atoms with Gasteiger partial charge in [-0.1, -0.05) is 42.5 Å². The van der Waals surface area contributed by atoms with E-state index in [1.807, 2.05) is 54.6 Å². The van der Waals surface area contributed by atoms with E-state index in [-0.39, 0.29) is 6.61 Å². The van der Waals surface area contributed by atoms with Crippen LogP contribution in [0.25, 0.3) is 21.7 Å². The number of para-hydroxylation sites is 1. The lowest BCUT2D eigenvalue weighted by Gasteiger charge is -2.13. The third-order valence-corrected chi connectivity index (χ3v) is 3.56. The number of nitriles is 1. The van der Waals surface area contributed by atoms with Crippen LogP contribution in [0.4, 0.5) is 0 Å². The summed E-state index contributed by atoms with van der Waals surface area (Å²) >= 11 is 0. The number of pyridine rings is 1. The Morgan fingerprint density at radius 2 is 1.77 bits per heavy atom. The summed E-state index contributed by atoms with van der Waals surface area (Å²) in [6.07, 6.45) is 0. The van der Waals surface area contributed by atoms with Crippen LogP contribution < -0.4 is 0 Å². The zero-order chi connectivity index (χ0) is 15.5. The van der Waals surface area contributed by atoms with Gasteiger partial charge < -0.3 is 4.74 Å². The van der Waals surface area contributed by atoms with Crippen molar-refractivity contribution in [3.63, 3.8) is 0 Å². The van der Waals surface area contributed by atoms with Gasteiger partial charge in [0.1, 0.15) is 0 Å². The summed E-state index contributed by atoms with van der Waals surface area (Å²) in [5.74, 6) is -1.58. The molecule has 0 spiro atoms. The van der Waals surface area contributed by atoms with Crippen molar-refractivity contribution in [2.24, 2.45) is 0 Å². The van der Waals surface area contributed by atoms with Crippen LogP contribution in [-0.4, -0.2) is 17.6 Å². The Morgan fingerprint density at radius 3 is 2.45 bits per heavy atom. The highest BCUT2D eigenvalue weighted by Crippen LogP contribution is 2.30. The molecule has 1 unspecified atom stereocenters. The summed E-state index contributed by atoms with van der Waals surface area (Å²) in [6, 6.07) is 17.4. The van der Waals surface area contributed by atoms with Gasteiger partial charge in [-0.25, -0.2) is 0 Å². The van der Waals surface area contributed by atoms with E-state index in [0.717, 1.165) is 21.7 Å². The number of esters is 1. The van der Waals surface area contributed by atoms with Gasteiger partial charge in [-0.15, -0.1) is 0 Å². The first kappa shape index (κ1) is 14.0. The van der Waals surface area contributed by atoms with Gasteiger partial charge in [-0.05, 0) is 18.4 Å². The molecule has 2 aromatic carbocycles. The third-order valence-electron chi connectivity index (χ3n) is 3.56. The lowest BCUT2D eigenvalue weighted by Crippen LogP contribution is -2.16. The van der Waals surface area contributed by atoms with Crippen molar-refractivity contribution in [2.45, 2.75) is 12.8 Å². The van der Waals surface area contributed by atoms with E-state index < -0.39 is 11.9 Å². The molecule has 0 amide bonds. The monoisotopic (exact) mass is 290 g/mol. The van der Waals surface area contributed by atoms with Crippen molar-refractivity contribution in [3.8, 4) is 6.07 Å². The highest BCUT2D eigenvalue weighted by atomic mass is 16.5. The fourth-order valence-electron chi connectivity index (χ4n) is 2.60. The minimum atomic E-state index is -1.02. The van der Waals surface area contributed by atoms with Crippen molar-refractivity contribution in [3.05, 3.63) is 54.2 Å². The molecule has 0 N–H and O–H groups in total. The number of rotatable bonds is 3. The molecule has 0 aliphatic carbocycles. The fourth-order valence-corrected chi connectivity index (χ4v) is 2.60. The number of hydrogen-bond acceptors (Lipinski definition) is 4. The summed E-state index contributed by atoms with van der Waals surface area (Å²) < 4.78 is 5.01. The van der Waals surface area contributed by atoms with Crippen molar-refractivity contribution in [1.82, 2.24) is 4.98 Å². The van der Waals surface area contributed by atoms with Crippen LogP contribution in [0.15, 0.2) is 48.5 Å². The predicted octanol–water partition coefficient (Wildman–Crippen LogP) is 3.56. The van der Waals surface area contributed by atoms with Crippen molar-refractivity contribution >= 4 is 27.6 Å². The number of nitrogens with zero attached hydrogens (tertiary/aromatic N) is 2. The number of benzene rings is 2. The van der Waals surface area contributed by atoms with E-state index >= 15 is 0 Å². The normalized spacial score (nSPS) is 12.0. The van der Waals surface area contributed by atoms with Crippen LogP contribution in [0.3, 0.4) is 0 Å². The van der Waals surface area contributed by atoms with Crippen LogP contribution in [0, 0.1) is 11.3 Å². The molecule has 4 nitrogen and oxygen atoms in total. The predicted molar refractivity (Wildman–Crippen MR) is 84.2 cm³/mol. The molecule has 0 aliphatic heterocycles. The van der Waals surface area contributed by atoms with E-state index in [4.69, 9.17) is 4.74 Å². The molecule has 0 radical (unpaired) electrons. The van der Waals surface area contributed by atoms with Crippen LogP contribution >= 0.6 is 0 Å². The number of hydrogen-bond donors (Lipinski definition) is 0. The maximum absolute atomic E-state index is 12.1. The van der Waals surface area contributed by atoms with Gasteiger partial charge in [0.25, 0.3) is 0 Å². The van der Waals surface area contributed by atoms with Gasteiger partial charge in [-0.2, -0.15) is 5.26 Å². The molecule has 3 aromatic rings. The van der Waals surface area contributed by atoms with Gasteiger partial charge >= 0.3 is 5.97 Å². The van der Waals surface area contributed by atoms with E-state index in [2.05, 4.69) is 4.98 Å². The second kappa shape index (κ2) is 5.82. The number of aromatic nitrogens is 1. The molecule has 3 rings (SSSR count). The Balaban J connectivity index is 2.32. The Bertz CT molecular complexity index is 896. The second-order valence-electron chi connectivity index (χ2n) is 4.87. The lowest BCUT2D eigenvalue weighted by molar-refractivity contribution is -0.143. The van der Waals surface area contributed by atoms with Gasteiger partial charge in [0.2, 0.25) is 0 Å². The third kappa shape index (κ3) is 2.27. The first-order chi connectivity index (χ1) is 10.8. The number of ether oxygens (including phenoxy) is 1. The first-order valence-corrected chi connectivity index (χ1v) is 7.10. The van der Waals surface area contributed by atoms with Crippen molar-refractivity contribution in [2.75, 3.05) is 6.61 Å². The highest BCUT2D eigenvalue weighted by molar-refractivity contribution is 6.07. The fraction of sp³-hybridized carbons (Fsp3) is 0.167. The summed E-state index contributed by atoms with van der Waals surface area (Å²) in [4.78, 5) is 16.6. The average Bonchev–Trinajstić information content (AvgIpc) is 2.56. The van der Waals surface area contributed by atoms with Gasteiger partial charge in [0, 0.05) is 10.8 Å². The Morgan fingerprint density at radius 1 is 1.14 bits per heavy atom. The zero-order valence-electron chi connectivity index (χ0n) is 12.1. The lowest BCUT2D eigenvalue weighted by atomic mass is 9.97. The zero-order valence-corrected chi connectivity index (χ0v) is 12.1. The molecule has 1 heterocycles. The van der Waals surface area contributed by atoms with Gasteiger partial charge in [-0.3, -0.25) is 9.78 Å². The van der Waals surface area contributed by atoms with E-state index in [0.29, 0.717) is 5.69 Å². The molecule has 1 atom stereocenters. The summed E-state index contributed by atoms with van der Waals surface area (Å²) in [6.45, 7) is 1.96. The second-order valence-corrected chi connectivity index (χ2v) is 4.87. The number of carbonyl (C=O) groups is 1. The molecule has 0 bridgehead atoms. The van der Waals surface area contributed by atoms with Crippen LogP contribution in [0.5, 0.6) is 0 Å². The topological polar surface area (TPSA) is 63.0 Å².